The van der Waals surface area contributed by atoms with E-state index in [0.717, 1.165) is 11.8 Å². The minimum absolute atomic E-state index is 0.0977. The number of sulfonamides is 1. The van der Waals surface area contributed by atoms with E-state index in [2.05, 4.69) is 0 Å². The molecule has 0 aromatic heterocycles. The van der Waals surface area contributed by atoms with Gasteiger partial charge >= 0.3 is 0 Å². The van der Waals surface area contributed by atoms with Crippen LogP contribution in [0.15, 0.2) is 30.3 Å². The first kappa shape index (κ1) is 19.8. The first-order chi connectivity index (χ1) is 11.8. The lowest BCUT2D eigenvalue weighted by Gasteiger charge is -2.55. The quantitative estimate of drug-likeness (QED) is 0.710. The summed E-state index contributed by atoms with van der Waals surface area (Å²) in [7, 11) is -1.94. The Balaban J connectivity index is 2.34. The van der Waals surface area contributed by atoms with Crippen molar-refractivity contribution in [2.45, 2.75) is 24.9 Å². The molecule has 1 fully saturated rings. The van der Waals surface area contributed by atoms with Gasteiger partial charge in [-0.2, -0.15) is 0 Å². The van der Waals surface area contributed by atoms with Gasteiger partial charge < -0.3 is 14.7 Å². The van der Waals surface area contributed by atoms with Gasteiger partial charge in [-0.25, -0.2) is 12.7 Å². The number of ether oxygens (including phenoxy) is 1. The van der Waals surface area contributed by atoms with Crippen LogP contribution in [0.4, 0.5) is 0 Å². The van der Waals surface area contributed by atoms with Gasteiger partial charge in [-0.3, -0.25) is 4.79 Å². The number of hydrogen-bond donors (Lipinski definition) is 1. The van der Waals surface area contributed by atoms with Crippen LogP contribution in [0.5, 0.6) is 0 Å². The third kappa shape index (κ3) is 4.20. The summed E-state index contributed by atoms with van der Waals surface area (Å²) in [5.41, 5.74) is 0.984. The van der Waals surface area contributed by atoms with Crippen LogP contribution in [0.3, 0.4) is 0 Å². The maximum Gasteiger partial charge on any atom is 0.249 e. The number of likely N-dealkylation sites (tertiary alicyclic amines) is 1. The van der Waals surface area contributed by atoms with Crippen LogP contribution >= 0.6 is 0 Å². The molecule has 0 spiro atoms. The highest BCUT2D eigenvalue weighted by Crippen LogP contribution is 2.41. The molecule has 0 bridgehead atoms. The second kappa shape index (κ2) is 8.27. The highest BCUT2D eigenvalue weighted by Gasteiger charge is 2.51. The highest BCUT2D eigenvalue weighted by molar-refractivity contribution is 7.88. The molecule has 1 aromatic carbocycles. The number of likely N-dealkylation sites (N-methyl/N-ethyl adjacent to an activating group) is 1. The zero-order valence-corrected chi connectivity index (χ0v) is 15.6. The molecule has 1 aliphatic rings. The molecule has 140 valence electrons. The fourth-order valence-electron chi connectivity index (χ4n) is 3.55. The van der Waals surface area contributed by atoms with E-state index in [1.807, 2.05) is 30.3 Å². The summed E-state index contributed by atoms with van der Waals surface area (Å²) >= 11 is 0. The molecule has 0 saturated carbocycles. The lowest BCUT2D eigenvalue weighted by atomic mass is 9.75. The number of carbonyl (C=O) groups excluding carboxylic acids is 1. The van der Waals surface area contributed by atoms with Crippen molar-refractivity contribution in [3.05, 3.63) is 35.9 Å². The molecule has 1 aromatic rings. The molecule has 1 N–H and O–H groups in total. The molecule has 0 unspecified atom stereocenters. The van der Waals surface area contributed by atoms with Crippen molar-refractivity contribution in [1.82, 2.24) is 9.21 Å². The van der Waals surface area contributed by atoms with Crippen molar-refractivity contribution < 1.29 is 23.1 Å². The van der Waals surface area contributed by atoms with Crippen LogP contribution in [-0.4, -0.2) is 80.4 Å². The predicted molar refractivity (Wildman–Crippen MR) is 94.7 cm³/mol. The normalized spacial score (nSPS) is 23.6. The van der Waals surface area contributed by atoms with Crippen molar-refractivity contribution in [2.75, 3.05) is 39.7 Å². The van der Waals surface area contributed by atoms with Crippen molar-refractivity contribution in [3.8, 4) is 0 Å². The Morgan fingerprint density at radius 1 is 1.28 bits per heavy atom. The van der Waals surface area contributed by atoms with Crippen molar-refractivity contribution >= 4 is 15.9 Å². The fourth-order valence-corrected chi connectivity index (χ4v) is 4.44. The molecule has 1 heterocycles. The molecule has 0 radical (unpaired) electrons. The minimum atomic E-state index is -3.38. The van der Waals surface area contributed by atoms with Gasteiger partial charge in [-0.15, -0.1) is 0 Å². The number of aliphatic hydroxyl groups is 1. The molecule has 8 heteroatoms. The zero-order valence-electron chi connectivity index (χ0n) is 14.8. The largest absolute Gasteiger partial charge is 0.394 e. The maximum absolute atomic E-state index is 12.4. The molecule has 1 aliphatic heterocycles. The number of carbonyl (C=O) groups is 1. The Labute approximate surface area is 149 Å². The van der Waals surface area contributed by atoms with Gasteiger partial charge in [0.25, 0.3) is 0 Å². The molecule has 3 atom stereocenters. The minimum Gasteiger partial charge on any atom is -0.394 e. The predicted octanol–water partition coefficient (Wildman–Crippen LogP) is 0.270. The number of benzene rings is 1. The Morgan fingerprint density at radius 3 is 2.40 bits per heavy atom. The number of methoxy groups -OCH3 is 1. The monoisotopic (exact) mass is 370 g/mol. The van der Waals surface area contributed by atoms with Crippen LogP contribution in [-0.2, 0) is 19.6 Å². The van der Waals surface area contributed by atoms with Crippen molar-refractivity contribution in [3.63, 3.8) is 0 Å². The molecule has 0 aliphatic carbocycles. The average molecular weight is 370 g/mol. The third-order valence-corrected chi connectivity index (χ3v) is 6.03. The van der Waals surface area contributed by atoms with Gasteiger partial charge in [0.2, 0.25) is 15.9 Å². The molecule has 7 nitrogen and oxygen atoms in total. The fraction of sp³-hybridized carbons (Fsp3) is 0.588. The van der Waals surface area contributed by atoms with Gasteiger partial charge in [-0.05, 0) is 5.56 Å². The lowest BCUT2D eigenvalue weighted by molar-refractivity contribution is -0.155. The van der Waals surface area contributed by atoms with E-state index in [9.17, 15) is 18.3 Å². The van der Waals surface area contributed by atoms with E-state index in [0.29, 0.717) is 6.54 Å². The van der Waals surface area contributed by atoms with Gasteiger partial charge in [0.15, 0.2) is 0 Å². The molecule has 2 rings (SSSR count). The maximum atomic E-state index is 12.4. The van der Waals surface area contributed by atoms with E-state index in [1.165, 1.54) is 11.4 Å². The van der Waals surface area contributed by atoms with Crippen molar-refractivity contribution in [1.29, 1.82) is 0 Å². The van der Waals surface area contributed by atoms with Gasteiger partial charge in [-0.1, -0.05) is 37.3 Å². The number of amides is 1. The molecule has 25 heavy (non-hydrogen) atoms. The first-order valence-corrected chi connectivity index (χ1v) is 10.1. The van der Waals surface area contributed by atoms with E-state index >= 15 is 0 Å². The summed E-state index contributed by atoms with van der Waals surface area (Å²) in [5, 5.41) is 9.81. The standard InChI is InChI=1S/C17H26N2O5S/c1-4-18(25(3,22)23)10-14-17(13-8-6-5-7-9-13)15(11-20)19(14)16(21)12-24-2/h5-9,14-15,17,20H,4,10-12H2,1-3H3/t14-,15+,17-/m0/s1. The average Bonchev–Trinajstić information content (AvgIpc) is 2.54. The van der Waals surface area contributed by atoms with Gasteiger partial charge in [0, 0.05) is 26.1 Å². The zero-order chi connectivity index (χ0) is 18.6. The first-order valence-electron chi connectivity index (χ1n) is 8.26. The van der Waals surface area contributed by atoms with E-state index in [4.69, 9.17) is 4.74 Å². The Kier molecular flexibility index (Phi) is 6.56. The molecular formula is C17H26N2O5S. The lowest BCUT2D eigenvalue weighted by Crippen LogP contribution is -2.69. The highest BCUT2D eigenvalue weighted by atomic mass is 32.2. The number of aliphatic hydroxyl groups excluding tert-OH is 1. The van der Waals surface area contributed by atoms with Crippen LogP contribution in [0.1, 0.15) is 18.4 Å². The summed E-state index contributed by atoms with van der Waals surface area (Å²) in [5.74, 6) is -0.369. The number of nitrogens with zero attached hydrogens (tertiary/aromatic N) is 2. The summed E-state index contributed by atoms with van der Waals surface area (Å²) < 4.78 is 30.3. The SMILES string of the molecule is CCN(C[C@H]1[C@H](c2ccccc2)[C@@H](CO)N1C(=O)COC)S(C)(=O)=O. The van der Waals surface area contributed by atoms with E-state index in [-0.39, 0.29) is 43.7 Å². The molecular weight excluding hydrogens is 344 g/mol. The van der Waals surface area contributed by atoms with Crippen LogP contribution in [0.2, 0.25) is 0 Å². The number of rotatable bonds is 8. The van der Waals surface area contributed by atoms with E-state index < -0.39 is 10.0 Å². The summed E-state index contributed by atoms with van der Waals surface area (Å²) in [6, 6.07) is 8.85. The Hall–Kier alpha value is -1.48. The van der Waals surface area contributed by atoms with Crippen LogP contribution in [0, 0.1) is 0 Å². The summed E-state index contributed by atoms with van der Waals surface area (Å²) in [6.07, 6.45) is 1.16. The number of hydrogen-bond acceptors (Lipinski definition) is 5. The van der Waals surface area contributed by atoms with Crippen LogP contribution in [0.25, 0.3) is 0 Å². The summed E-state index contributed by atoms with van der Waals surface area (Å²) in [6.45, 7) is 2.01. The van der Waals surface area contributed by atoms with Gasteiger partial charge in [0.1, 0.15) is 6.61 Å². The Morgan fingerprint density at radius 2 is 1.92 bits per heavy atom. The topological polar surface area (TPSA) is 87.2 Å². The Bertz CT molecular complexity index is 680. The smallest absolute Gasteiger partial charge is 0.249 e. The van der Waals surface area contributed by atoms with Crippen molar-refractivity contribution in [2.24, 2.45) is 0 Å². The van der Waals surface area contributed by atoms with Crippen LogP contribution < -0.4 is 0 Å². The summed E-state index contributed by atoms with van der Waals surface area (Å²) in [4.78, 5) is 14.0. The second-order valence-corrected chi connectivity index (χ2v) is 8.18. The third-order valence-electron chi connectivity index (χ3n) is 4.68. The molecule has 1 amide bonds. The van der Waals surface area contributed by atoms with E-state index in [1.54, 1.807) is 11.8 Å². The van der Waals surface area contributed by atoms with Gasteiger partial charge in [0.05, 0.1) is 24.9 Å². The second-order valence-electron chi connectivity index (χ2n) is 6.20. The molecule has 1 saturated heterocycles.